The van der Waals surface area contributed by atoms with Crippen LogP contribution in [0, 0.1) is 23.7 Å². The average molecular weight is 465 g/mol. The molecule has 4 rings (SSSR count). The van der Waals surface area contributed by atoms with Gasteiger partial charge in [0, 0.05) is 0 Å². The lowest BCUT2D eigenvalue weighted by Crippen LogP contribution is -2.30. The quantitative estimate of drug-likeness (QED) is 0.255. The third-order valence-corrected chi connectivity index (χ3v) is 10.2. The van der Waals surface area contributed by atoms with E-state index in [1.54, 1.807) is 23.1 Å². The van der Waals surface area contributed by atoms with Crippen molar-refractivity contribution in [2.45, 2.75) is 155 Å². The molecule has 2 saturated carbocycles. The number of hydrogen-bond donors (Lipinski definition) is 0. The zero-order valence-electron chi connectivity index (χ0n) is 23.0. The summed E-state index contributed by atoms with van der Waals surface area (Å²) in [7, 11) is 0. The van der Waals surface area contributed by atoms with Crippen molar-refractivity contribution in [3.63, 3.8) is 0 Å². The molecule has 0 N–H and O–H groups in total. The average Bonchev–Trinajstić information content (AvgIpc) is 2.87. The Kier molecular flexibility index (Phi) is 10.9. The Labute approximate surface area is 213 Å². The molecule has 192 valence electrons. The topological polar surface area (TPSA) is 0 Å². The molecule has 0 bridgehead atoms. The molecule has 0 spiro atoms. The van der Waals surface area contributed by atoms with Crippen LogP contribution in [0.4, 0.5) is 0 Å². The van der Waals surface area contributed by atoms with Crippen molar-refractivity contribution in [3.8, 4) is 0 Å². The molecule has 5 unspecified atom stereocenters. The van der Waals surface area contributed by atoms with Gasteiger partial charge in [-0.05, 0) is 97.6 Å². The van der Waals surface area contributed by atoms with E-state index >= 15 is 0 Å². The zero-order chi connectivity index (χ0) is 23.6. The summed E-state index contributed by atoms with van der Waals surface area (Å²) in [5.41, 5.74) is 5.11. The number of hydrogen-bond acceptors (Lipinski definition) is 0. The van der Waals surface area contributed by atoms with E-state index in [2.05, 4.69) is 32.0 Å². The Balaban J connectivity index is 1.21. The van der Waals surface area contributed by atoms with Crippen molar-refractivity contribution in [2.24, 2.45) is 23.7 Å². The summed E-state index contributed by atoms with van der Waals surface area (Å²) in [6, 6.07) is 7.77. The van der Waals surface area contributed by atoms with Gasteiger partial charge in [-0.2, -0.15) is 0 Å². The molecular weight excluding hydrogens is 408 g/mol. The number of rotatable bonds is 13. The summed E-state index contributed by atoms with van der Waals surface area (Å²) < 4.78 is 0. The van der Waals surface area contributed by atoms with Gasteiger partial charge in [-0.3, -0.25) is 0 Å². The molecule has 34 heavy (non-hydrogen) atoms. The Morgan fingerprint density at radius 2 is 1.29 bits per heavy atom. The van der Waals surface area contributed by atoms with Crippen LogP contribution in [0.1, 0.15) is 158 Å². The van der Waals surface area contributed by atoms with Crippen LogP contribution in [0.3, 0.4) is 0 Å². The van der Waals surface area contributed by atoms with Gasteiger partial charge in [-0.15, -0.1) is 0 Å². The van der Waals surface area contributed by atoms with Gasteiger partial charge < -0.3 is 0 Å². The molecule has 3 aliphatic carbocycles. The first-order chi connectivity index (χ1) is 16.8. The molecular formula is C34H56. The molecule has 0 aliphatic heterocycles. The first-order valence-corrected chi connectivity index (χ1v) is 15.9. The highest BCUT2D eigenvalue weighted by atomic mass is 14.4. The van der Waals surface area contributed by atoms with Crippen molar-refractivity contribution in [3.05, 3.63) is 34.9 Å². The normalized spacial score (nSPS) is 28.9. The highest BCUT2D eigenvalue weighted by Crippen LogP contribution is 2.48. The summed E-state index contributed by atoms with van der Waals surface area (Å²) in [5, 5.41) is 0. The summed E-state index contributed by atoms with van der Waals surface area (Å²) in [6.45, 7) is 4.65. The lowest BCUT2D eigenvalue weighted by Gasteiger charge is -2.42. The molecule has 3 aliphatic rings. The van der Waals surface area contributed by atoms with E-state index in [9.17, 15) is 0 Å². The number of aryl methyl sites for hydroxylation is 1. The number of unbranched alkanes of at least 4 members (excludes halogenated alkanes) is 8. The van der Waals surface area contributed by atoms with Crippen molar-refractivity contribution in [2.75, 3.05) is 0 Å². The minimum atomic E-state index is 0.855. The van der Waals surface area contributed by atoms with Crippen LogP contribution in [0.25, 0.3) is 0 Å². The Hall–Kier alpha value is -0.780. The van der Waals surface area contributed by atoms with Gasteiger partial charge in [0.1, 0.15) is 0 Å². The van der Waals surface area contributed by atoms with Crippen molar-refractivity contribution in [1.29, 1.82) is 0 Å². The number of fused-ring (bicyclic) bond motifs is 2. The maximum absolute atomic E-state index is 2.67. The van der Waals surface area contributed by atoms with Crippen molar-refractivity contribution >= 4 is 0 Å². The van der Waals surface area contributed by atoms with Crippen LogP contribution < -0.4 is 0 Å². The Morgan fingerprint density at radius 3 is 2.06 bits per heavy atom. The van der Waals surface area contributed by atoms with E-state index in [-0.39, 0.29) is 0 Å². The van der Waals surface area contributed by atoms with E-state index in [1.165, 1.54) is 128 Å². The van der Waals surface area contributed by atoms with Gasteiger partial charge in [0.15, 0.2) is 0 Å². The first-order valence-electron chi connectivity index (χ1n) is 15.9. The van der Waals surface area contributed by atoms with Gasteiger partial charge in [0.05, 0.1) is 0 Å². The summed E-state index contributed by atoms with van der Waals surface area (Å²) in [4.78, 5) is 0. The third-order valence-electron chi connectivity index (χ3n) is 10.2. The van der Waals surface area contributed by atoms with Gasteiger partial charge in [-0.25, -0.2) is 0 Å². The monoisotopic (exact) mass is 464 g/mol. The van der Waals surface area contributed by atoms with E-state index < -0.39 is 0 Å². The second kappa shape index (κ2) is 14.1. The number of benzene rings is 1. The second-order valence-corrected chi connectivity index (χ2v) is 12.8. The second-order valence-electron chi connectivity index (χ2n) is 12.8. The fourth-order valence-corrected chi connectivity index (χ4v) is 7.98. The predicted octanol–water partition coefficient (Wildman–Crippen LogP) is 10.8. The van der Waals surface area contributed by atoms with Crippen molar-refractivity contribution < 1.29 is 0 Å². The molecule has 1 aromatic rings. The van der Waals surface area contributed by atoms with Gasteiger partial charge >= 0.3 is 0 Å². The van der Waals surface area contributed by atoms with Crippen LogP contribution in [0.2, 0.25) is 0 Å². The van der Waals surface area contributed by atoms with Gasteiger partial charge in [-0.1, -0.05) is 116 Å². The SMILES string of the molecule is CCCCCCCC1CCc2cc(C3CCC4CC(CCCCCCC)CCC4C3)ccc2C1. The van der Waals surface area contributed by atoms with E-state index in [4.69, 9.17) is 0 Å². The first kappa shape index (κ1) is 26.3. The molecule has 0 heterocycles. The van der Waals surface area contributed by atoms with Crippen LogP contribution in [-0.4, -0.2) is 0 Å². The maximum Gasteiger partial charge on any atom is -0.0159 e. The van der Waals surface area contributed by atoms with Crippen LogP contribution in [0.5, 0.6) is 0 Å². The molecule has 0 saturated heterocycles. The van der Waals surface area contributed by atoms with E-state index in [0.29, 0.717) is 0 Å². The lowest BCUT2D eigenvalue weighted by atomic mass is 9.63. The molecule has 0 amide bonds. The summed E-state index contributed by atoms with van der Waals surface area (Å²) in [5.74, 6) is 4.96. The largest absolute Gasteiger partial charge is 0.0654 e. The molecule has 0 heteroatoms. The fraction of sp³-hybridized carbons (Fsp3) is 0.824. The molecule has 0 nitrogen and oxygen atoms in total. The zero-order valence-corrected chi connectivity index (χ0v) is 23.0. The van der Waals surface area contributed by atoms with Gasteiger partial charge in [0.25, 0.3) is 0 Å². The lowest BCUT2D eigenvalue weighted by molar-refractivity contribution is 0.113. The Morgan fingerprint density at radius 1 is 0.618 bits per heavy atom. The van der Waals surface area contributed by atoms with Crippen molar-refractivity contribution in [1.82, 2.24) is 0 Å². The molecule has 0 radical (unpaired) electrons. The molecule has 2 fully saturated rings. The summed E-state index contributed by atoms with van der Waals surface area (Å²) in [6.07, 6.45) is 30.7. The van der Waals surface area contributed by atoms with Gasteiger partial charge in [0.2, 0.25) is 0 Å². The van der Waals surface area contributed by atoms with E-state index in [1.807, 2.05) is 0 Å². The fourth-order valence-electron chi connectivity index (χ4n) is 7.98. The van der Waals surface area contributed by atoms with Crippen LogP contribution in [0.15, 0.2) is 18.2 Å². The highest BCUT2D eigenvalue weighted by molar-refractivity contribution is 5.36. The van der Waals surface area contributed by atoms with Crippen LogP contribution >= 0.6 is 0 Å². The molecule has 1 aromatic carbocycles. The third kappa shape index (κ3) is 7.61. The predicted molar refractivity (Wildman–Crippen MR) is 150 cm³/mol. The van der Waals surface area contributed by atoms with Crippen LogP contribution in [-0.2, 0) is 12.8 Å². The smallest absolute Gasteiger partial charge is 0.0159 e. The van der Waals surface area contributed by atoms with E-state index in [0.717, 1.165) is 29.6 Å². The Bertz CT molecular complexity index is 702. The molecule has 5 atom stereocenters. The standard InChI is InChI=1S/C34H56/c1-3-5-7-9-11-13-27-15-17-31-25-33(21-19-29(31)23-27)34-22-20-30-24-28(16-18-32(30)26-34)14-12-10-8-6-4-2/h19,21,25,27-28,30,32,34H,3-18,20,22-24,26H2,1-2H3. The minimum Gasteiger partial charge on any atom is -0.0654 e. The highest BCUT2D eigenvalue weighted by Gasteiger charge is 2.36. The maximum atomic E-state index is 2.67. The minimum absolute atomic E-state index is 0.855. The summed E-state index contributed by atoms with van der Waals surface area (Å²) >= 11 is 0. The molecule has 0 aromatic heterocycles.